The molecule has 2 atom stereocenters. The molecule has 3 rings (SSSR count). The average Bonchev–Trinajstić information content (AvgIpc) is 2.87. The van der Waals surface area contributed by atoms with Crippen molar-refractivity contribution < 1.29 is 9.53 Å². The van der Waals surface area contributed by atoms with Gasteiger partial charge < -0.3 is 15.0 Å². The minimum absolute atomic E-state index is 0. The highest BCUT2D eigenvalue weighted by Gasteiger charge is 2.36. The number of benzene rings is 1. The molecule has 2 aliphatic heterocycles. The van der Waals surface area contributed by atoms with Gasteiger partial charge >= 0.3 is 0 Å². The van der Waals surface area contributed by atoms with E-state index in [0.29, 0.717) is 31.2 Å². The number of fused-ring (bicyclic) bond motifs is 2. The number of piperidine rings is 1. The Bertz CT molecular complexity index is 508. The van der Waals surface area contributed by atoms with Gasteiger partial charge in [0.05, 0.1) is 13.0 Å². The summed E-state index contributed by atoms with van der Waals surface area (Å²) in [6.45, 7) is 2.64. The number of nitrogens with zero attached hydrogens (tertiary/aromatic N) is 1. The van der Waals surface area contributed by atoms with E-state index in [1.807, 2.05) is 43.1 Å². The lowest BCUT2D eigenvalue weighted by molar-refractivity contribution is -0.131. The van der Waals surface area contributed by atoms with Crippen LogP contribution in [-0.2, 0) is 11.2 Å². The number of hydrogen-bond donors (Lipinski definition) is 1. The molecule has 2 unspecified atom stereocenters. The van der Waals surface area contributed by atoms with Crippen molar-refractivity contribution in [2.45, 2.75) is 57.2 Å². The SMILES string of the molecule is CCOc1ccc(CC(=O)N(C)C2CC3CCC(C2)N3)cc1.Cl. The number of carbonyl (C=O) groups is 1. The van der Waals surface area contributed by atoms with Crippen LogP contribution in [0.3, 0.4) is 0 Å². The quantitative estimate of drug-likeness (QED) is 0.897. The van der Waals surface area contributed by atoms with Gasteiger partial charge in [0, 0.05) is 25.2 Å². The third-order valence-corrected chi connectivity index (χ3v) is 4.98. The molecule has 2 heterocycles. The molecule has 0 saturated carbocycles. The number of amides is 1. The van der Waals surface area contributed by atoms with E-state index in [2.05, 4.69) is 5.32 Å². The molecule has 5 heteroatoms. The summed E-state index contributed by atoms with van der Waals surface area (Å²) in [7, 11) is 1.96. The highest BCUT2D eigenvalue weighted by Crippen LogP contribution is 2.29. The summed E-state index contributed by atoms with van der Waals surface area (Å²) in [5, 5.41) is 3.63. The number of nitrogens with one attached hydrogen (secondary N) is 1. The lowest BCUT2D eigenvalue weighted by Gasteiger charge is -2.35. The van der Waals surface area contributed by atoms with Gasteiger partial charge in [0.2, 0.25) is 5.91 Å². The second-order valence-electron chi connectivity index (χ2n) is 6.52. The van der Waals surface area contributed by atoms with Gasteiger partial charge in [-0.3, -0.25) is 4.79 Å². The zero-order valence-corrected chi connectivity index (χ0v) is 14.8. The maximum Gasteiger partial charge on any atom is 0.226 e. The van der Waals surface area contributed by atoms with Crippen molar-refractivity contribution in [2.24, 2.45) is 0 Å². The van der Waals surface area contributed by atoms with E-state index in [0.717, 1.165) is 24.2 Å². The summed E-state index contributed by atoms with van der Waals surface area (Å²) >= 11 is 0. The molecule has 1 aromatic rings. The molecule has 128 valence electrons. The molecule has 2 bridgehead atoms. The molecule has 0 aliphatic carbocycles. The van der Waals surface area contributed by atoms with Crippen LogP contribution in [0.25, 0.3) is 0 Å². The maximum atomic E-state index is 12.5. The molecule has 0 spiro atoms. The summed E-state index contributed by atoms with van der Waals surface area (Å²) in [4.78, 5) is 14.5. The van der Waals surface area contributed by atoms with Crippen LogP contribution in [0, 0.1) is 0 Å². The number of ether oxygens (including phenoxy) is 1. The van der Waals surface area contributed by atoms with Gasteiger partial charge in [-0.15, -0.1) is 12.4 Å². The summed E-state index contributed by atoms with van der Waals surface area (Å²) in [5.74, 6) is 1.08. The van der Waals surface area contributed by atoms with Gasteiger partial charge in [-0.05, 0) is 50.3 Å². The van der Waals surface area contributed by atoms with E-state index < -0.39 is 0 Å². The Balaban J connectivity index is 0.00000192. The first-order valence-electron chi connectivity index (χ1n) is 8.39. The minimum atomic E-state index is 0. The van der Waals surface area contributed by atoms with Gasteiger partial charge in [0.1, 0.15) is 5.75 Å². The third kappa shape index (κ3) is 4.39. The molecule has 4 nitrogen and oxygen atoms in total. The lowest BCUT2D eigenvalue weighted by atomic mass is 9.98. The third-order valence-electron chi connectivity index (χ3n) is 4.98. The monoisotopic (exact) mass is 338 g/mol. The second-order valence-corrected chi connectivity index (χ2v) is 6.52. The maximum absolute atomic E-state index is 12.5. The van der Waals surface area contributed by atoms with Crippen LogP contribution in [0.2, 0.25) is 0 Å². The van der Waals surface area contributed by atoms with Crippen molar-refractivity contribution in [1.29, 1.82) is 0 Å². The Hall–Kier alpha value is -1.26. The molecule has 1 amide bonds. The molecule has 1 aromatic carbocycles. The fourth-order valence-corrected chi connectivity index (χ4v) is 3.72. The number of likely N-dealkylation sites (N-methyl/N-ethyl adjacent to an activating group) is 1. The summed E-state index contributed by atoms with van der Waals surface area (Å²) < 4.78 is 5.44. The van der Waals surface area contributed by atoms with Gasteiger partial charge in [-0.2, -0.15) is 0 Å². The molecular weight excluding hydrogens is 312 g/mol. The molecule has 0 radical (unpaired) electrons. The van der Waals surface area contributed by atoms with E-state index >= 15 is 0 Å². The smallest absolute Gasteiger partial charge is 0.226 e. The topological polar surface area (TPSA) is 41.6 Å². The first-order valence-corrected chi connectivity index (χ1v) is 8.39. The minimum Gasteiger partial charge on any atom is -0.494 e. The summed E-state index contributed by atoms with van der Waals surface area (Å²) in [5.41, 5.74) is 1.05. The first kappa shape index (κ1) is 18.1. The molecule has 1 N–H and O–H groups in total. The van der Waals surface area contributed by atoms with E-state index in [9.17, 15) is 4.79 Å². The van der Waals surface area contributed by atoms with Crippen LogP contribution in [0.1, 0.15) is 38.2 Å². The zero-order valence-electron chi connectivity index (χ0n) is 14.0. The number of rotatable bonds is 5. The summed E-state index contributed by atoms with van der Waals surface area (Å²) in [6, 6.07) is 9.49. The average molecular weight is 339 g/mol. The Morgan fingerprint density at radius 3 is 2.39 bits per heavy atom. The van der Waals surface area contributed by atoms with Crippen molar-refractivity contribution >= 4 is 18.3 Å². The van der Waals surface area contributed by atoms with Crippen LogP contribution in [0.5, 0.6) is 5.75 Å². The first-order chi connectivity index (χ1) is 10.7. The van der Waals surface area contributed by atoms with Crippen molar-refractivity contribution in [3.05, 3.63) is 29.8 Å². The normalized spacial score (nSPS) is 25.6. The van der Waals surface area contributed by atoms with Gasteiger partial charge in [-0.25, -0.2) is 0 Å². The molecule has 2 fully saturated rings. The highest BCUT2D eigenvalue weighted by molar-refractivity contribution is 5.85. The zero-order chi connectivity index (χ0) is 15.5. The fraction of sp³-hybridized carbons (Fsp3) is 0.611. The van der Waals surface area contributed by atoms with Crippen molar-refractivity contribution in [1.82, 2.24) is 10.2 Å². The fourth-order valence-electron chi connectivity index (χ4n) is 3.72. The highest BCUT2D eigenvalue weighted by atomic mass is 35.5. The van der Waals surface area contributed by atoms with Crippen LogP contribution in [0.15, 0.2) is 24.3 Å². The Morgan fingerprint density at radius 1 is 1.22 bits per heavy atom. The van der Waals surface area contributed by atoms with Crippen molar-refractivity contribution in [2.75, 3.05) is 13.7 Å². The number of carbonyl (C=O) groups excluding carboxylic acids is 1. The summed E-state index contributed by atoms with van der Waals surface area (Å²) in [6.07, 6.45) is 5.20. The molecular formula is C18H27ClN2O2. The Labute approximate surface area is 145 Å². The van der Waals surface area contributed by atoms with Crippen molar-refractivity contribution in [3.63, 3.8) is 0 Å². The molecule has 0 aromatic heterocycles. The van der Waals surface area contributed by atoms with Crippen LogP contribution in [0.4, 0.5) is 0 Å². The largest absolute Gasteiger partial charge is 0.494 e. The molecule has 2 saturated heterocycles. The number of hydrogen-bond acceptors (Lipinski definition) is 3. The van der Waals surface area contributed by atoms with E-state index in [1.165, 1.54) is 12.8 Å². The predicted molar refractivity (Wildman–Crippen MR) is 94.3 cm³/mol. The standard InChI is InChI=1S/C18H26N2O2.ClH/c1-3-22-17-8-4-13(5-9-17)10-18(21)20(2)16-11-14-6-7-15(12-16)19-14;/h4-5,8-9,14-16,19H,3,6-7,10-12H2,1-2H3;1H. The Morgan fingerprint density at radius 2 is 1.83 bits per heavy atom. The van der Waals surface area contributed by atoms with Crippen LogP contribution in [-0.4, -0.2) is 42.6 Å². The molecule has 23 heavy (non-hydrogen) atoms. The number of halogens is 1. The van der Waals surface area contributed by atoms with Gasteiger partial charge in [0.25, 0.3) is 0 Å². The van der Waals surface area contributed by atoms with E-state index in [4.69, 9.17) is 4.74 Å². The predicted octanol–water partition coefficient (Wildman–Crippen LogP) is 2.79. The van der Waals surface area contributed by atoms with E-state index in [1.54, 1.807) is 0 Å². The lowest BCUT2D eigenvalue weighted by Crippen LogP contribution is -2.49. The van der Waals surface area contributed by atoms with Gasteiger partial charge in [0.15, 0.2) is 0 Å². The second kappa shape index (κ2) is 8.02. The van der Waals surface area contributed by atoms with Crippen molar-refractivity contribution in [3.8, 4) is 5.75 Å². The van der Waals surface area contributed by atoms with Crippen LogP contribution < -0.4 is 10.1 Å². The Kier molecular flexibility index (Phi) is 6.31. The van der Waals surface area contributed by atoms with E-state index in [-0.39, 0.29) is 18.3 Å². The molecule has 2 aliphatic rings. The van der Waals surface area contributed by atoms with Gasteiger partial charge in [-0.1, -0.05) is 12.1 Å². The van der Waals surface area contributed by atoms with Crippen LogP contribution >= 0.6 is 12.4 Å².